The number of anilines is 1. The lowest BCUT2D eigenvalue weighted by Crippen LogP contribution is -2.03. The van der Waals surface area contributed by atoms with Crippen LogP contribution in [0.3, 0.4) is 0 Å². The van der Waals surface area contributed by atoms with E-state index in [0.717, 1.165) is 11.1 Å². The van der Waals surface area contributed by atoms with E-state index in [1.807, 2.05) is 24.3 Å². The summed E-state index contributed by atoms with van der Waals surface area (Å²) in [6.07, 6.45) is 0. The van der Waals surface area contributed by atoms with Crippen molar-refractivity contribution >= 4 is 11.7 Å². The Hall–Kier alpha value is -2.53. The normalized spacial score (nSPS) is 10.2. The summed E-state index contributed by atoms with van der Waals surface area (Å²) < 4.78 is 5.55. The average Bonchev–Trinajstić information content (AvgIpc) is 2.45. The first-order valence-electron chi connectivity index (χ1n) is 6.04. The zero-order chi connectivity index (χ0) is 14.5. The second-order valence-electron chi connectivity index (χ2n) is 4.32. The van der Waals surface area contributed by atoms with Crippen LogP contribution >= 0.6 is 0 Å². The molecule has 0 bridgehead atoms. The van der Waals surface area contributed by atoms with Crippen LogP contribution in [0.2, 0.25) is 0 Å². The van der Waals surface area contributed by atoms with Crippen LogP contribution in [0.15, 0.2) is 42.5 Å². The second-order valence-corrected chi connectivity index (χ2v) is 4.32. The zero-order valence-corrected chi connectivity index (χ0v) is 10.7. The monoisotopic (exact) mass is 273 g/mol. The lowest BCUT2D eigenvalue weighted by molar-refractivity contribution is 0.0698. The van der Waals surface area contributed by atoms with Crippen molar-refractivity contribution in [1.29, 1.82) is 0 Å². The Morgan fingerprint density at radius 3 is 2.30 bits per heavy atom. The molecule has 0 aliphatic heterocycles. The number of ether oxygens (including phenoxy) is 1. The number of nitrogen functional groups attached to an aromatic ring is 1. The van der Waals surface area contributed by atoms with Gasteiger partial charge in [0.15, 0.2) is 0 Å². The van der Waals surface area contributed by atoms with E-state index in [1.54, 1.807) is 6.07 Å². The third kappa shape index (κ3) is 3.27. The van der Waals surface area contributed by atoms with E-state index in [2.05, 4.69) is 0 Å². The topological polar surface area (TPSA) is 92.8 Å². The quantitative estimate of drug-likeness (QED) is 0.725. The SMILES string of the molecule is Nc1cc(OCc2ccc(CO)cc2)ccc1C(=O)O. The molecule has 2 aromatic rings. The van der Waals surface area contributed by atoms with E-state index in [0.29, 0.717) is 12.4 Å². The Labute approximate surface area is 116 Å². The van der Waals surface area contributed by atoms with Gasteiger partial charge in [-0.2, -0.15) is 0 Å². The maximum absolute atomic E-state index is 10.8. The fourth-order valence-electron chi connectivity index (χ4n) is 1.73. The molecule has 0 aromatic heterocycles. The first kappa shape index (κ1) is 13.9. The number of benzene rings is 2. The van der Waals surface area contributed by atoms with E-state index in [-0.39, 0.29) is 17.9 Å². The summed E-state index contributed by atoms with van der Waals surface area (Å²) in [5.74, 6) is -0.549. The largest absolute Gasteiger partial charge is 0.489 e. The zero-order valence-electron chi connectivity index (χ0n) is 10.7. The molecule has 0 saturated carbocycles. The Balaban J connectivity index is 2.03. The van der Waals surface area contributed by atoms with E-state index in [1.165, 1.54) is 12.1 Å². The fraction of sp³-hybridized carbons (Fsp3) is 0.133. The fourth-order valence-corrected chi connectivity index (χ4v) is 1.73. The first-order chi connectivity index (χ1) is 9.60. The van der Waals surface area contributed by atoms with Crippen molar-refractivity contribution in [2.45, 2.75) is 13.2 Å². The molecule has 0 amide bonds. The standard InChI is InChI=1S/C15H15NO4/c16-14-7-12(5-6-13(14)15(18)19)20-9-11-3-1-10(8-17)2-4-11/h1-7,17H,8-9,16H2,(H,18,19). The van der Waals surface area contributed by atoms with E-state index < -0.39 is 5.97 Å². The van der Waals surface area contributed by atoms with E-state index in [4.69, 9.17) is 20.7 Å². The maximum Gasteiger partial charge on any atom is 0.337 e. The van der Waals surface area contributed by atoms with Gasteiger partial charge in [0.05, 0.1) is 12.2 Å². The Bertz CT molecular complexity index is 608. The number of carbonyl (C=O) groups is 1. The van der Waals surface area contributed by atoms with E-state index in [9.17, 15) is 4.79 Å². The Morgan fingerprint density at radius 1 is 1.10 bits per heavy atom. The van der Waals surface area contributed by atoms with Crippen LogP contribution in [-0.4, -0.2) is 16.2 Å². The molecule has 104 valence electrons. The lowest BCUT2D eigenvalue weighted by Gasteiger charge is -2.08. The Kier molecular flexibility index (Phi) is 4.22. The van der Waals surface area contributed by atoms with Crippen LogP contribution in [0.1, 0.15) is 21.5 Å². The van der Waals surface area contributed by atoms with Crippen molar-refractivity contribution in [3.05, 3.63) is 59.2 Å². The molecular weight excluding hydrogens is 258 g/mol. The molecule has 5 nitrogen and oxygen atoms in total. The molecule has 0 radical (unpaired) electrons. The highest BCUT2D eigenvalue weighted by atomic mass is 16.5. The van der Waals surface area contributed by atoms with Crippen molar-refractivity contribution in [1.82, 2.24) is 0 Å². The minimum Gasteiger partial charge on any atom is -0.489 e. The van der Waals surface area contributed by atoms with Crippen LogP contribution in [0.25, 0.3) is 0 Å². The molecule has 0 aliphatic carbocycles. The molecule has 0 saturated heterocycles. The number of aromatic carboxylic acids is 1. The molecule has 0 atom stereocenters. The molecule has 2 rings (SSSR count). The maximum atomic E-state index is 10.8. The van der Waals surface area contributed by atoms with Crippen molar-refractivity contribution in [3.8, 4) is 5.75 Å². The summed E-state index contributed by atoms with van der Waals surface area (Å²) in [5.41, 5.74) is 7.66. The summed E-state index contributed by atoms with van der Waals surface area (Å²) in [5, 5.41) is 17.8. The highest BCUT2D eigenvalue weighted by molar-refractivity contribution is 5.93. The highest BCUT2D eigenvalue weighted by Crippen LogP contribution is 2.21. The molecule has 0 unspecified atom stereocenters. The molecule has 0 spiro atoms. The minimum absolute atomic E-state index is 0.00826. The van der Waals surface area contributed by atoms with Gasteiger partial charge in [-0.05, 0) is 23.3 Å². The van der Waals surface area contributed by atoms with Gasteiger partial charge >= 0.3 is 5.97 Å². The number of aliphatic hydroxyl groups excluding tert-OH is 1. The second kappa shape index (κ2) is 6.08. The van der Waals surface area contributed by atoms with Gasteiger partial charge in [-0.3, -0.25) is 0 Å². The van der Waals surface area contributed by atoms with Crippen LogP contribution < -0.4 is 10.5 Å². The molecule has 2 aromatic carbocycles. The number of aliphatic hydroxyl groups is 1. The highest BCUT2D eigenvalue weighted by Gasteiger charge is 2.08. The van der Waals surface area contributed by atoms with Gasteiger partial charge in [-0.1, -0.05) is 24.3 Å². The molecular formula is C15H15NO4. The van der Waals surface area contributed by atoms with Gasteiger partial charge in [-0.15, -0.1) is 0 Å². The number of carboxylic acids is 1. The molecule has 0 fully saturated rings. The van der Waals surface area contributed by atoms with Crippen molar-refractivity contribution in [3.63, 3.8) is 0 Å². The van der Waals surface area contributed by atoms with E-state index >= 15 is 0 Å². The molecule has 4 N–H and O–H groups in total. The van der Waals surface area contributed by atoms with Crippen LogP contribution in [0.5, 0.6) is 5.75 Å². The summed E-state index contributed by atoms with van der Waals surface area (Å²) in [6, 6.07) is 11.8. The third-order valence-corrected chi connectivity index (χ3v) is 2.86. The summed E-state index contributed by atoms with van der Waals surface area (Å²) >= 11 is 0. The molecule has 5 heteroatoms. The molecule has 20 heavy (non-hydrogen) atoms. The number of hydrogen-bond donors (Lipinski definition) is 3. The number of hydrogen-bond acceptors (Lipinski definition) is 4. The number of carboxylic acid groups (broad SMARTS) is 1. The Morgan fingerprint density at radius 2 is 1.75 bits per heavy atom. The van der Waals surface area contributed by atoms with Crippen LogP contribution in [0, 0.1) is 0 Å². The summed E-state index contributed by atoms with van der Waals surface area (Å²) in [6.45, 7) is 0.353. The van der Waals surface area contributed by atoms with Gasteiger partial charge in [0, 0.05) is 11.8 Å². The number of nitrogens with two attached hydrogens (primary N) is 1. The van der Waals surface area contributed by atoms with Crippen LogP contribution in [0.4, 0.5) is 5.69 Å². The van der Waals surface area contributed by atoms with Gasteiger partial charge in [0.1, 0.15) is 12.4 Å². The van der Waals surface area contributed by atoms with Crippen LogP contribution in [-0.2, 0) is 13.2 Å². The molecule has 0 heterocycles. The first-order valence-corrected chi connectivity index (χ1v) is 6.04. The van der Waals surface area contributed by atoms with Gasteiger partial charge in [0.2, 0.25) is 0 Å². The lowest BCUT2D eigenvalue weighted by atomic mass is 10.1. The summed E-state index contributed by atoms with van der Waals surface area (Å²) in [4.78, 5) is 10.8. The summed E-state index contributed by atoms with van der Waals surface area (Å²) in [7, 11) is 0. The van der Waals surface area contributed by atoms with Gasteiger partial charge in [0.25, 0.3) is 0 Å². The van der Waals surface area contributed by atoms with Crippen molar-refractivity contribution < 1.29 is 19.7 Å². The molecule has 0 aliphatic rings. The number of rotatable bonds is 5. The third-order valence-electron chi connectivity index (χ3n) is 2.86. The smallest absolute Gasteiger partial charge is 0.337 e. The van der Waals surface area contributed by atoms with Gasteiger partial charge < -0.3 is 20.7 Å². The average molecular weight is 273 g/mol. The predicted octanol–water partition coefficient (Wildman–Crippen LogP) is 2.04. The minimum atomic E-state index is -1.06. The predicted molar refractivity (Wildman–Crippen MR) is 74.5 cm³/mol. The van der Waals surface area contributed by atoms with Gasteiger partial charge in [-0.25, -0.2) is 4.79 Å². The van der Waals surface area contributed by atoms with Crippen molar-refractivity contribution in [2.75, 3.05) is 5.73 Å². The van der Waals surface area contributed by atoms with Crippen molar-refractivity contribution in [2.24, 2.45) is 0 Å².